The van der Waals surface area contributed by atoms with E-state index in [1.807, 2.05) is 54.6 Å². The molecular weight excluding hydrogens is 284 g/mol. The number of nitrogens with one attached hydrogen (secondary N) is 1. The summed E-state index contributed by atoms with van der Waals surface area (Å²) in [6.07, 6.45) is 1.68. The lowest BCUT2D eigenvalue weighted by atomic mass is 10.1. The molecule has 0 atom stereocenters. The SMILES string of the molecule is Nc1nc(Nc2ccccc2)ncc1-c1ccccc1Cl. The summed E-state index contributed by atoms with van der Waals surface area (Å²) in [4.78, 5) is 8.57. The van der Waals surface area contributed by atoms with Crippen LogP contribution in [-0.4, -0.2) is 9.97 Å². The lowest BCUT2D eigenvalue weighted by Gasteiger charge is -2.09. The second kappa shape index (κ2) is 5.81. The van der Waals surface area contributed by atoms with E-state index in [2.05, 4.69) is 15.3 Å². The second-order valence-corrected chi connectivity index (χ2v) is 4.87. The highest BCUT2D eigenvalue weighted by Gasteiger charge is 2.09. The largest absolute Gasteiger partial charge is 0.383 e. The van der Waals surface area contributed by atoms with Crippen LogP contribution in [0, 0.1) is 0 Å². The predicted octanol–water partition coefficient (Wildman–Crippen LogP) is 4.12. The van der Waals surface area contributed by atoms with E-state index in [9.17, 15) is 0 Å². The Kier molecular flexibility index (Phi) is 3.71. The molecule has 1 heterocycles. The molecule has 3 N–H and O–H groups in total. The molecule has 2 aromatic carbocycles. The van der Waals surface area contributed by atoms with Crippen LogP contribution in [0.15, 0.2) is 60.8 Å². The fourth-order valence-electron chi connectivity index (χ4n) is 1.99. The van der Waals surface area contributed by atoms with Crippen LogP contribution in [-0.2, 0) is 0 Å². The number of rotatable bonds is 3. The van der Waals surface area contributed by atoms with Crippen molar-refractivity contribution in [1.29, 1.82) is 0 Å². The van der Waals surface area contributed by atoms with Crippen molar-refractivity contribution < 1.29 is 0 Å². The maximum absolute atomic E-state index is 6.17. The number of para-hydroxylation sites is 1. The van der Waals surface area contributed by atoms with Crippen LogP contribution in [0.25, 0.3) is 11.1 Å². The number of nitrogen functional groups attached to an aromatic ring is 1. The molecule has 0 saturated carbocycles. The molecule has 0 aliphatic rings. The molecule has 4 nitrogen and oxygen atoms in total. The highest BCUT2D eigenvalue weighted by atomic mass is 35.5. The average molecular weight is 297 g/mol. The Hall–Kier alpha value is -2.59. The van der Waals surface area contributed by atoms with E-state index in [4.69, 9.17) is 17.3 Å². The summed E-state index contributed by atoms with van der Waals surface area (Å²) in [7, 11) is 0. The molecule has 3 rings (SSSR count). The summed E-state index contributed by atoms with van der Waals surface area (Å²) < 4.78 is 0. The van der Waals surface area contributed by atoms with Gasteiger partial charge < -0.3 is 11.1 Å². The first-order valence-corrected chi connectivity index (χ1v) is 6.81. The number of benzene rings is 2. The summed E-state index contributed by atoms with van der Waals surface area (Å²) in [6, 6.07) is 17.1. The van der Waals surface area contributed by atoms with Gasteiger partial charge in [-0.3, -0.25) is 0 Å². The molecule has 0 bridgehead atoms. The van der Waals surface area contributed by atoms with Gasteiger partial charge in [-0.15, -0.1) is 0 Å². The molecule has 0 saturated heterocycles. The van der Waals surface area contributed by atoms with Gasteiger partial charge >= 0.3 is 0 Å². The van der Waals surface area contributed by atoms with E-state index in [0.29, 0.717) is 16.8 Å². The molecule has 1 aromatic heterocycles. The normalized spacial score (nSPS) is 10.3. The van der Waals surface area contributed by atoms with Crippen LogP contribution < -0.4 is 11.1 Å². The van der Waals surface area contributed by atoms with Gasteiger partial charge in [0, 0.05) is 28.0 Å². The number of hydrogen-bond acceptors (Lipinski definition) is 4. The van der Waals surface area contributed by atoms with Crippen molar-refractivity contribution >= 4 is 29.1 Å². The zero-order valence-electron chi connectivity index (χ0n) is 11.1. The van der Waals surface area contributed by atoms with Crippen LogP contribution in [0.1, 0.15) is 0 Å². The minimum Gasteiger partial charge on any atom is -0.383 e. The van der Waals surface area contributed by atoms with Crippen LogP contribution in [0.3, 0.4) is 0 Å². The molecule has 3 aromatic rings. The van der Waals surface area contributed by atoms with Gasteiger partial charge in [0.15, 0.2) is 0 Å². The highest BCUT2D eigenvalue weighted by Crippen LogP contribution is 2.30. The van der Waals surface area contributed by atoms with Crippen molar-refractivity contribution in [2.24, 2.45) is 0 Å². The van der Waals surface area contributed by atoms with Gasteiger partial charge in [0.25, 0.3) is 0 Å². The van der Waals surface area contributed by atoms with Crippen molar-refractivity contribution in [1.82, 2.24) is 9.97 Å². The third-order valence-electron chi connectivity index (χ3n) is 3.01. The van der Waals surface area contributed by atoms with Gasteiger partial charge in [-0.05, 0) is 18.2 Å². The maximum Gasteiger partial charge on any atom is 0.229 e. The lowest BCUT2D eigenvalue weighted by Crippen LogP contribution is -2.02. The first kappa shape index (κ1) is 13.4. The number of nitrogens with two attached hydrogens (primary N) is 1. The summed E-state index contributed by atoms with van der Waals surface area (Å²) in [6.45, 7) is 0. The van der Waals surface area contributed by atoms with Gasteiger partial charge in [0.1, 0.15) is 5.82 Å². The molecule has 0 fully saturated rings. The Morgan fingerprint density at radius 2 is 1.62 bits per heavy atom. The molecule has 104 valence electrons. The van der Waals surface area contributed by atoms with E-state index >= 15 is 0 Å². The highest BCUT2D eigenvalue weighted by molar-refractivity contribution is 6.33. The summed E-state index contributed by atoms with van der Waals surface area (Å²) in [5.74, 6) is 0.839. The van der Waals surface area contributed by atoms with E-state index in [1.165, 1.54) is 0 Å². The monoisotopic (exact) mass is 296 g/mol. The first-order chi connectivity index (χ1) is 10.2. The smallest absolute Gasteiger partial charge is 0.229 e. The van der Waals surface area contributed by atoms with Crippen LogP contribution in [0.2, 0.25) is 5.02 Å². The second-order valence-electron chi connectivity index (χ2n) is 4.46. The van der Waals surface area contributed by atoms with E-state index in [-0.39, 0.29) is 0 Å². The fourth-order valence-corrected chi connectivity index (χ4v) is 2.23. The Morgan fingerprint density at radius 3 is 2.33 bits per heavy atom. The molecule has 0 aliphatic carbocycles. The lowest BCUT2D eigenvalue weighted by molar-refractivity contribution is 1.18. The van der Waals surface area contributed by atoms with Gasteiger partial charge in [0.2, 0.25) is 5.95 Å². The predicted molar refractivity (Wildman–Crippen MR) is 86.6 cm³/mol. The fraction of sp³-hybridized carbons (Fsp3) is 0. The van der Waals surface area contributed by atoms with Crippen LogP contribution in [0.5, 0.6) is 0 Å². The van der Waals surface area contributed by atoms with Crippen LogP contribution >= 0.6 is 11.6 Å². The Morgan fingerprint density at radius 1 is 0.905 bits per heavy atom. The summed E-state index contributed by atoms with van der Waals surface area (Å²) in [5.41, 5.74) is 8.47. The van der Waals surface area contributed by atoms with Gasteiger partial charge in [0.05, 0.1) is 0 Å². The van der Waals surface area contributed by atoms with E-state index in [0.717, 1.165) is 16.8 Å². The van der Waals surface area contributed by atoms with Crippen LogP contribution in [0.4, 0.5) is 17.5 Å². The standard InChI is InChI=1S/C16H13ClN4/c17-14-9-5-4-8-12(14)13-10-19-16(21-15(13)18)20-11-6-2-1-3-7-11/h1-10H,(H3,18,19,20,21). The number of aromatic nitrogens is 2. The minimum atomic E-state index is 0.386. The Balaban J connectivity index is 1.92. The maximum atomic E-state index is 6.17. The number of nitrogens with zero attached hydrogens (tertiary/aromatic N) is 2. The molecule has 0 spiro atoms. The van der Waals surface area contributed by atoms with E-state index in [1.54, 1.807) is 6.20 Å². The molecule has 0 radical (unpaired) electrons. The quantitative estimate of drug-likeness (QED) is 0.763. The molecule has 21 heavy (non-hydrogen) atoms. The molecular formula is C16H13ClN4. The average Bonchev–Trinajstić information content (AvgIpc) is 2.50. The van der Waals surface area contributed by atoms with Crippen molar-refractivity contribution in [2.45, 2.75) is 0 Å². The molecule has 0 unspecified atom stereocenters. The Bertz CT molecular complexity index is 759. The van der Waals surface area contributed by atoms with Crippen molar-refractivity contribution in [2.75, 3.05) is 11.1 Å². The zero-order chi connectivity index (χ0) is 14.7. The summed E-state index contributed by atoms with van der Waals surface area (Å²) in [5, 5.41) is 3.72. The topological polar surface area (TPSA) is 63.8 Å². The number of halogens is 1. The van der Waals surface area contributed by atoms with Gasteiger partial charge in [-0.1, -0.05) is 48.0 Å². The zero-order valence-corrected chi connectivity index (χ0v) is 11.9. The third kappa shape index (κ3) is 2.95. The van der Waals surface area contributed by atoms with Crippen molar-refractivity contribution in [3.63, 3.8) is 0 Å². The van der Waals surface area contributed by atoms with Gasteiger partial charge in [-0.25, -0.2) is 4.98 Å². The number of anilines is 3. The molecule has 5 heteroatoms. The minimum absolute atomic E-state index is 0.386. The molecule has 0 aliphatic heterocycles. The third-order valence-corrected chi connectivity index (χ3v) is 3.34. The van der Waals surface area contributed by atoms with Gasteiger partial charge in [-0.2, -0.15) is 4.98 Å². The Labute approximate surface area is 127 Å². The first-order valence-electron chi connectivity index (χ1n) is 6.43. The van der Waals surface area contributed by atoms with E-state index < -0.39 is 0 Å². The van der Waals surface area contributed by atoms with Crippen molar-refractivity contribution in [3.05, 3.63) is 65.8 Å². The molecule has 0 amide bonds. The number of hydrogen-bond donors (Lipinski definition) is 2. The summed E-state index contributed by atoms with van der Waals surface area (Å²) >= 11 is 6.17. The van der Waals surface area contributed by atoms with Crippen molar-refractivity contribution in [3.8, 4) is 11.1 Å².